The number of aromatic nitrogens is 1. The average Bonchev–Trinajstić information content (AvgIpc) is 2.64. The second-order valence-corrected chi connectivity index (χ2v) is 6.69. The molecule has 0 unspecified atom stereocenters. The molecule has 1 saturated heterocycles. The normalized spacial score (nSPS) is 14.4. The van der Waals surface area contributed by atoms with E-state index in [1.165, 1.54) is 6.20 Å². The van der Waals surface area contributed by atoms with E-state index >= 15 is 0 Å². The summed E-state index contributed by atoms with van der Waals surface area (Å²) < 4.78 is 0. The first-order chi connectivity index (χ1) is 12.5. The third kappa shape index (κ3) is 3.85. The number of nitrogens with zero attached hydrogens (tertiary/aromatic N) is 3. The van der Waals surface area contributed by atoms with Crippen LogP contribution in [-0.4, -0.2) is 52.8 Å². The first-order valence-electron chi connectivity index (χ1n) is 8.79. The summed E-state index contributed by atoms with van der Waals surface area (Å²) in [5.41, 5.74) is 9.57. The number of hydrogen-bond acceptors (Lipinski definition) is 4. The highest BCUT2D eigenvalue weighted by Gasteiger charge is 2.25. The Morgan fingerprint density at radius 1 is 1.04 bits per heavy atom. The van der Waals surface area contributed by atoms with Crippen molar-refractivity contribution >= 4 is 17.6 Å². The molecule has 1 aromatic heterocycles. The van der Waals surface area contributed by atoms with Crippen molar-refractivity contribution in [3.63, 3.8) is 0 Å². The fourth-order valence-electron chi connectivity index (χ4n) is 3.31. The Kier molecular flexibility index (Phi) is 5.21. The molecule has 1 aliphatic rings. The molecule has 0 aliphatic carbocycles. The molecule has 0 spiro atoms. The van der Waals surface area contributed by atoms with Gasteiger partial charge in [-0.3, -0.25) is 9.59 Å². The van der Waals surface area contributed by atoms with Crippen molar-refractivity contribution < 1.29 is 9.59 Å². The minimum absolute atomic E-state index is 0.0686. The molecular formula is C20H24N4O2. The van der Waals surface area contributed by atoms with E-state index in [0.717, 1.165) is 16.7 Å². The van der Waals surface area contributed by atoms with Crippen molar-refractivity contribution in [2.45, 2.75) is 20.3 Å². The summed E-state index contributed by atoms with van der Waals surface area (Å²) in [5, 5.41) is 0. The van der Waals surface area contributed by atoms with E-state index < -0.39 is 0 Å². The Balaban J connectivity index is 1.60. The molecule has 2 heterocycles. The minimum atomic E-state index is -0.0686. The maximum Gasteiger partial charge on any atom is 0.254 e. The molecule has 0 atom stereocenters. The largest absolute Gasteiger partial charge is 0.384 e. The molecule has 0 bridgehead atoms. The molecule has 6 heteroatoms. The van der Waals surface area contributed by atoms with Gasteiger partial charge in [-0.25, -0.2) is 4.98 Å². The predicted molar refractivity (Wildman–Crippen MR) is 101 cm³/mol. The van der Waals surface area contributed by atoms with Crippen LogP contribution in [0.3, 0.4) is 0 Å². The molecule has 0 saturated carbocycles. The third-order valence-corrected chi connectivity index (χ3v) is 4.92. The number of nitrogens with two attached hydrogens (primary N) is 1. The fourth-order valence-corrected chi connectivity index (χ4v) is 3.31. The molecule has 3 rings (SSSR count). The molecule has 2 aromatic rings. The summed E-state index contributed by atoms with van der Waals surface area (Å²) in [7, 11) is 0. The van der Waals surface area contributed by atoms with Gasteiger partial charge < -0.3 is 15.5 Å². The van der Waals surface area contributed by atoms with Gasteiger partial charge in [0.25, 0.3) is 5.91 Å². The second-order valence-electron chi connectivity index (χ2n) is 6.69. The fraction of sp³-hybridized carbons (Fsp3) is 0.350. The lowest BCUT2D eigenvalue weighted by Gasteiger charge is -2.35. The Morgan fingerprint density at radius 2 is 1.65 bits per heavy atom. The number of anilines is 1. The van der Waals surface area contributed by atoms with Gasteiger partial charge in [0.05, 0.1) is 6.42 Å². The third-order valence-electron chi connectivity index (χ3n) is 4.92. The van der Waals surface area contributed by atoms with Gasteiger partial charge in [-0.2, -0.15) is 0 Å². The van der Waals surface area contributed by atoms with Crippen LogP contribution in [0.2, 0.25) is 0 Å². The molecule has 2 N–H and O–H groups in total. The quantitative estimate of drug-likeness (QED) is 0.914. The monoisotopic (exact) mass is 352 g/mol. The average molecular weight is 352 g/mol. The van der Waals surface area contributed by atoms with Gasteiger partial charge in [0.1, 0.15) is 5.82 Å². The molecule has 1 aromatic carbocycles. The summed E-state index contributed by atoms with van der Waals surface area (Å²) in [6.45, 7) is 6.23. The summed E-state index contributed by atoms with van der Waals surface area (Å²) in [6, 6.07) is 9.33. The molecule has 136 valence electrons. The lowest BCUT2D eigenvalue weighted by atomic mass is 9.99. The van der Waals surface area contributed by atoms with E-state index in [-0.39, 0.29) is 11.8 Å². The molecule has 1 aliphatic heterocycles. The first-order valence-corrected chi connectivity index (χ1v) is 8.79. The van der Waals surface area contributed by atoms with Gasteiger partial charge in [-0.15, -0.1) is 0 Å². The summed E-state index contributed by atoms with van der Waals surface area (Å²) >= 11 is 0. The van der Waals surface area contributed by atoms with E-state index in [4.69, 9.17) is 5.73 Å². The minimum Gasteiger partial charge on any atom is -0.384 e. The first kappa shape index (κ1) is 17.9. The van der Waals surface area contributed by atoms with E-state index in [9.17, 15) is 9.59 Å². The van der Waals surface area contributed by atoms with Crippen LogP contribution in [-0.2, 0) is 11.2 Å². The maximum atomic E-state index is 12.7. The molecule has 2 amide bonds. The van der Waals surface area contributed by atoms with Crippen molar-refractivity contribution in [1.82, 2.24) is 14.8 Å². The predicted octanol–water partition coefficient (Wildman–Crippen LogP) is 1.81. The lowest BCUT2D eigenvalue weighted by molar-refractivity contribution is -0.131. The van der Waals surface area contributed by atoms with Gasteiger partial charge in [-0.1, -0.05) is 18.2 Å². The number of pyridine rings is 1. The number of piperazine rings is 1. The van der Waals surface area contributed by atoms with Crippen molar-refractivity contribution in [1.29, 1.82) is 0 Å². The highest BCUT2D eigenvalue weighted by molar-refractivity contribution is 5.95. The number of rotatable bonds is 3. The standard InChI is InChI=1S/C20H24N4O2/c1-14-4-3-5-15(2)17(14)13-19(25)23-8-10-24(11-9-23)20(26)16-6-7-22-18(21)12-16/h3-7,12H,8-11,13H2,1-2H3,(H2,21,22). The molecule has 0 radical (unpaired) electrons. The number of nitrogen functional groups attached to an aromatic ring is 1. The number of carbonyl (C=O) groups is 2. The number of aryl methyl sites for hydroxylation is 2. The topological polar surface area (TPSA) is 79.5 Å². The Hall–Kier alpha value is -2.89. The molecule has 6 nitrogen and oxygen atoms in total. The van der Waals surface area contributed by atoms with Crippen LogP contribution in [0.5, 0.6) is 0 Å². The van der Waals surface area contributed by atoms with Crippen LogP contribution >= 0.6 is 0 Å². The Labute approximate surface area is 153 Å². The van der Waals surface area contributed by atoms with Crippen molar-refractivity contribution in [3.05, 3.63) is 58.8 Å². The number of amides is 2. The number of carbonyl (C=O) groups excluding carboxylic acids is 2. The van der Waals surface area contributed by atoms with Crippen LogP contribution in [0, 0.1) is 13.8 Å². The van der Waals surface area contributed by atoms with E-state index in [2.05, 4.69) is 4.98 Å². The zero-order valence-corrected chi connectivity index (χ0v) is 15.2. The summed E-state index contributed by atoms with van der Waals surface area (Å²) in [6.07, 6.45) is 1.94. The van der Waals surface area contributed by atoms with Crippen LogP contribution in [0.15, 0.2) is 36.5 Å². The highest BCUT2D eigenvalue weighted by Crippen LogP contribution is 2.16. The SMILES string of the molecule is Cc1cccc(C)c1CC(=O)N1CCN(C(=O)c2ccnc(N)c2)CC1. The zero-order chi connectivity index (χ0) is 18.7. The number of hydrogen-bond donors (Lipinski definition) is 1. The summed E-state index contributed by atoms with van der Waals surface area (Å²) in [4.78, 5) is 32.7. The van der Waals surface area contributed by atoms with E-state index in [1.54, 1.807) is 17.0 Å². The Morgan fingerprint density at radius 3 is 2.27 bits per heavy atom. The van der Waals surface area contributed by atoms with Crippen LogP contribution in [0.25, 0.3) is 0 Å². The second kappa shape index (κ2) is 7.56. The smallest absolute Gasteiger partial charge is 0.254 e. The van der Waals surface area contributed by atoms with Crippen LogP contribution < -0.4 is 5.73 Å². The zero-order valence-electron chi connectivity index (χ0n) is 15.2. The van der Waals surface area contributed by atoms with Crippen LogP contribution in [0.4, 0.5) is 5.82 Å². The highest BCUT2D eigenvalue weighted by atomic mass is 16.2. The van der Waals surface area contributed by atoms with Crippen molar-refractivity contribution in [2.75, 3.05) is 31.9 Å². The van der Waals surface area contributed by atoms with Gasteiger partial charge in [-0.05, 0) is 42.7 Å². The number of benzene rings is 1. The van der Waals surface area contributed by atoms with Crippen molar-refractivity contribution in [3.8, 4) is 0 Å². The van der Waals surface area contributed by atoms with Gasteiger partial charge in [0.2, 0.25) is 5.91 Å². The van der Waals surface area contributed by atoms with E-state index in [1.807, 2.05) is 36.9 Å². The summed E-state index contributed by atoms with van der Waals surface area (Å²) in [5.74, 6) is 0.377. The van der Waals surface area contributed by atoms with Crippen molar-refractivity contribution in [2.24, 2.45) is 0 Å². The van der Waals surface area contributed by atoms with E-state index in [0.29, 0.717) is 44.0 Å². The van der Waals surface area contributed by atoms with Gasteiger partial charge in [0, 0.05) is 37.9 Å². The Bertz CT molecular complexity index is 806. The molecule has 1 fully saturated rings. The molecule has 26 heavy (non-hydrogen) atoms. The van der Waals surface area contributed by atoms with Crippen LogP contribution in [0.1, 0.15) is 27.0 Å². The van der Waals surface area contributed by atoms with Gasteiger partial charge >= 0.3 is 0 Å². The lowest BCUT2D eigenvalue weighted by Crippen LogP contribution is -2.51. The molecular weight excluding hydrogens is 328 g/mol. The van der Waals surface area contributed by atoms with Gasteiger partial charge in [0.15, 0.2) is 0 Å². The maximum absolute atomic E-state index is 12.7.